The summed E-state index contributed by atoms with van der Waals surface area (Å²) in [4.78, 5) is 15.6. The number of thiazole rings is 1. The minimum atomic E-state index is -0.854. The van der Waals surface area contributed by atoms with E-state index in [2.05, 4.69) is 4.99 Å². The Kier molecular flexibility index (Phi) is 4.40. The van der Waals surface area contributed by atoms with Crippen LogP contribution in [0.2, 0.25) is 0 Å². The van der Waals surface area contributed by atoms with Crippen molar-refractivity contribution in [3.8, 4) is 5.88 Å². The average Bonchev–Trinajstić information content (AvgIpc) is 3.04. The fraction of sp³-hybridized carbons (Fsp3) is 0.188. The predicted molar refractivity (Wildman–Crippen MR) is 94.1 cm³/mol. The van der Waals surface area contributed by atoms with Gasteiger partial charge in [-0.15, -0.1) is 11.3 Å². The van der Waals surface area contributed by atoms with Crippen molar-refractivity contribution in [1.82, 2.24) is 4.57 Å². The summed E-state index contributed by atoms with van der Waals surface area (Å²) < 4.78 is 2.11. The molecular formula is C16H14N2O3S2. The first-order valence-electron chi connectivity index (χ1n) is 7.06. The van der Waals surface area contributed by atoms with Crippen molar-refractivity contribution in [2.75, 3.05) is 0 Å². The van der Waals surface area contributed by atoms with Gasteiger partial charge in [-0.1, -0.05) is 18.2 Å². The van der Waals surface area contributed by atoms with Crippen LogP contribution in [0.3, 0.4) is 0 Å². The summed E-state index contributed by atoms with van der Waals surface area (Å²) in [6.07, 6.45) is 4.10. The molecule has 0 bridgehead atoms. The fourth-order valence-corrected chi connectivity index (χ4v) is 3.70. The second-order valence-electron chi connectivity index (χ2n) is 5.08. The molecule has 2 heterocycles. The number of rotatable bonds is 5. The van der Waals surface area contributed by atoms with E-state index < -0.39 is 5.97 Å². The van der Waals surface area contributed by atoms with Gasteiger partial charge in [-0.25, -0.2) is 0 Å². The molecule has 0 atom stereocenters. The Bertz CT molecular complexity index is 878. The third-order valence-corrected chi connectivity index (χ3v) is 4.90. The lowest BCUT2D eigenvalue weighted by Crippen LogP contribution is -2.01. The number of carboxylic acid groups (broad SMARTS) is 1. The fourth-order valence-electron chi connectivity index (χ4n) is 2.39. The highest BCUT2D eigenvalue weighted by atomic mass is 32.1. The molecule has 1 aromatic heterocycles. The quantitative estimate of drug-likeness (QED) is 0.799. The Hall–Kier alpha value is -2.25. The molecule has 0 saturated heterocycles. The standard InChI is InChI=1S/C16H14N2O3S2/c19-14(20)6-3-7-18-15(21)13(23-16(18)22)8-10-9-17-12-5-2-1-4-11(10)12/h1-2,4-5,8-9,21H,3,6-7H2,(H,19,20)/b10-8+. The van der Waals surface area contributed by atoms with Crippen LogP contribution in [0.25, 0.3) is 11.6 Å². The molecule has 0 aliphatic carbocycles. The highest BCUT2D eigenvalue weighted by Crippen LogP contribution is 2.35. The number of para-hydroxylation sites is 1. The summed E-state index contributed by atoms with van der Waals surface area (Å²) in [6, 6.07) is 7.79. The molecule has 2 N–H and O–H groups in total. The van der Waals surface area contributed by atoms with Gasteiger partial charge < -0.3 is 10.2 Å². The molecule has 5 nitrogen and oxygen atoms in total. The molecule has 1 aromatic carbocycles. The molecule has 118 valence electrons. The van der Waals surface area contributed by atoms with E-state index in [1.54, 1.807) is 10.8 Å². The molecule has 7 heteroatoms. The zero-order valence-electron chi connectivity index (χ0n) is 12.1. The van der Waals surface area contributed by atoms with Crippen LogP contribution in [0.4, 0.5) is 5.69 Å². The number of hydrogen-bond acceptors (Lipinski definition) is 5. The van der Waals surface area contributed by atoms with Crippen LogP contribution >= 0.6 is 23.6 Å². The van der Waals surface area contributed by atoms with E-state index in [0.29, 0.717) is 21.8 Å². The summed E-state index contributed by atoms with van der Waals surface area (Å²) in [5.74, 6) is -0.775. The van der Waals surface area contributed by atoms with Crippen LogP contribution in [0.5, 0.6) is 5.88 Å². The third-order valence-electron chi connectivity index (χ3n) is 3.51. The predicted octanol–water partition coefficient (Wildman–Crippen LogP) is 4.11. The lowest BCUT2D eigenvalue weighted by atomic mass is 10.1. The van der Waals surface area contributed by atoms with Gasteiger partial charge in [-0.05, 0) is 30.8 Å². The van der Waals surface area contributed by atoms with E-state index in [9.17, 15) is 9.90 Å². The van der Waals surface area contributed by atoms with E-state index in [1.165, 1.54) is 11.3 Å². The van der Waals surface area contributed by atoms with Crippen molar-refractivity contribution in [3.63, 3.8) is 0 Å². The van der Waals surface area contributed by atoms with Gasteiger partial charge in [-0.2, -0.15) is 0 Å². The Morgan fingerprint density at radius 1 is 1.39 bits per heavy atom. The summed E-state index contributed by atoms with van der Waals surface area (Å²) in [6.45, 7) is 0.390. The lowest BCUT2D eigenvalue weighted by Gasteiger charge is -2.03. The van der Waals surface area contributed by atoms with Gasteiger partial charge in [0, 0.05) is 30.3 Å². The number of benzene rings is 1. The third kappa shape index (κ3) is 3.25. The number of hydrogen-bond donors (Lipinski definition) is 2. The van der Waals surface area contributed by atoms with Crippen molar-refractivity contribution >= 4 is 53.1 Å². The largest absolute Gasteiger partial charge is 0.493 e. The molecule has 1 aliphatic heterocycles. The zero-order chi connectivity index (χ0) is 16.4. The molecule has 0 unspecified atom stereocenters. The van der Waals surface area contributed by atoms with Gasteiger partial charge >= 0.3 is 5.97 Å². The van der Waals surface area contributed by atoms with Crippen LogP contribution in [-0.2, 0) is 11.3 Å². The number of carbonyl (C=O) groups is 1. The van der Waals surface area contributed by atoms with Crippen LogP contribution < -0.4 is 0 Å². The Morgan fingerprint density at radius 2 is 2.17 bits per heavy atom. The maximum atomic E-state index is 10.6. The van der Waals surface area contributed by atoms with E-state index in [-0.39, 0.29) is 12.3 Å². The highest BCUT2D eigenvalue weighted by Gasteiger charge is 2.15. The van der Waals surface area contributed by atoms with Crippen molar-refractivity contribution < 1.29 is 15.0 Å². The second-order valence-corrected chi connectivity index (χ2v) is 6.76. The van der Waals surface area contributed by atoms with Crippen LogP contribution in [-0.4, -0.2) is 27.0 Å². The van der Waals surface area contributed by atoms with Gasteiger partial charge in [0.2, 0.25) is 5.88 Å². The smallest absolute Gasteiger partial charge is 0.303 e. The topological polar surface area (TPSA) is 74.8 Å². The molecule has 0 saturated carbocycles. The van der Waals surface area contributed by atoms with E-state index in [4.69, 9.17) is 17.3 Å². The van der Waals surface area contributed by atoms with Crippen molar-refractivity contribution in [2.24, 2.45) is 4.99 Å². The Morgan fingerprint density at radius 3 is 2.96 bits per heavy atom. The number of aliphatic carboxylic acids is 1. The monoisotopic (exact) mass is 346 g/mol. The van der Waals surface area contributed by atoms with Crippen molar-refractivity contribution in [2.45, 2.75) is 19.4 Å². The van der Waals surface area contributed by atoms with Gasteiger partial charge in [0.25, 0.3) is 0 Å². The number of allylic oxidation sites excluding steroid dienone is 1. The molecule has 0 amide bonds. The lowest BCUT2D eigenvalue weighted by molar-refractivity contribution is -0.137. The van der Waals surface area contributed by atoms with Crippen LogP contribution in [0.1, 0.15) is 23.3 Å². The first-order valence-corrected chi connectivity index (χ1v) is 8.28. The number of nitrogens with zero attached hydrogens (tertiary/aromatic N) is 2. The Labute approximate surface area is 141 Å². The maximum Gasteiger partial charge on any atom is 0.303 e. The second kappa shape index (κ2) is 6.47. The molecule has 2 aromatic rings. The minimum Gasteiger partial charge on any atom is -0.493 e. The molecule has 0 radical (unpaired) electrons. The number of aromatic nitrogens is 1. The number of fused-ring (bicyclic) bond motifs is 1. The van der Waals surface area contributed by atoms with Crippen molar-refractivity contribution in [1.29, 1.82) is 0 Å². The molecule has 1 aliphatic rings. The summed E-state index contributed by atoms with van der Waals surface area (Å²) in [5.41, 5.74) is 2.84. The summed E-state index contributed by atoms with van der Waals surface area (Å²) in [5, 5.41) is 19.1. The molecule has 3 rings (SSSR count). The number of aromatic hydroxyl groups is 1. The van der Waals surface area contributed by atoms with Crippen LogP contribution in [0, 0.1) is 3.95 Å². The summed E-state index contributed by atoms with van der Waals surface area (Å²) in [7, 11) is 0. The first-order chi connectivity index (χ1) is 11.1. The average molecular weight is 346 g/mol. The normalized spacial score (nSPS) is 14.3. The van der Waals surface area contributed by atoms with Gasteiger partial charge in [0.05, 0.1) is 10.6 Å². The van der Waals surface area contributed by atoms with Gasteiger partial charge in [-0.3, -0.25) is 14.4 Å². The van der Waals surface area contributed by atoms with E-state index in [0.717, 1.165) is 16.8 Å². The van der Waals surface area contributed by atoms with Crippen molar-refractivity contribution in [3.05, 3.63) is 38.7 Å². The first kappa shape index (κ1) is 15.6. The molecule has 0 spiro atoms. The van der Waals surface area contributed by atoms with E-state index >= 15 is 0 Å². The molecule has 0 fully saturated rings. The highest BCUT2D eigenvalue weighted by molar-refractivity contribution is 7.73. The zero-order valence-corrected chi connectivity index (χ0v) is 13.7. The SMILES string of the molecule is O=C(O)CCCn1c(O)c(/C=C2\C=Nc3ccccc32)sc1=S. The Balaban J connectivity index is 1.88. The van der Waals surface area contributed by atoms with Gasteiger partial charge in [0.1, 0.15) is 0 Å². The molecule has 23 heavy (non-hydrogen) atoms. The van der Waals surface area contributed by atoms with E-state index in [1.807, 2.05) is 30.3 Å². The summed E-state index contributed by atoms with van der Waals surface area (Å²) >= 11 is 6.57. The number of carboxylic acids is 1. The molecular weight excluding hydrogens is 332 g/mol. The number of aliphatic imine (C=N–C) groups is 1. The maximum absolute atomic E-state index is 10.6. The van der Waals surface area contributed by atoms with Gasteiger partial charge in [0.15, 0.2) is 3.95 Å². The van der Waals surface area contributed by atoms with Crippen LogP contribution in [0.15, 0.2) is 29.3 Å². The minimum absolute atomic E-state index is 0.0491.